The molecule has 14 heavy (non-hydrogen) atoms. The van der Waals surface area contributed by atoms with Gasteiger partial charge < -0.3 is 4.57 Å². The molecule has 0 saturated carbocycles. The fourth-order valence-electron chi connectivity index (χ4n) is 2.43. The minimum atomic E-state index is 1.12. The lowest BCUT2D eigenvalue weighted by Gasteiger charge is -2.09. The van der Waals surface area contributed by atoms with Gasteiger partial charge in [-0.15, -0.1) is 0 Å². The van der Waals surface area contributed by atoms with E-state index in [0.29, 0.717) is 0 Å². The van der Waals surface area contributed by atoms with Crippen molar-refractivity contribution >= 4 is 10.9 Å². The zero-order valence-corrected chi connectivity index (χ0v) is 9.39. The van der Waals surface area contributed by atoms with Crippen molar-refractivity contribution < 1.29 is 0 Å². The van der Waals surface area contributed by atoms with Crippen molar-refractivity contribution in [1.29, 1.82) is 0 Å². The third kappa shape index (κ3) is 1.16. The van der Waals surface area contributed by atoms with Gasteiger partial charge in [-0.25, -0.2) is 0 Å². The molecule has 0 bridgehead atoms. The molecule has 1 nitrogen and oxygen atoms in total. The first-order chi connectivity index (χ1) is 6.65. The van der Waals surface area contributed by atoms with Gasteiger partial charge in [-0.2, -0.15) is 0 Å². The number of aromatic nitrogens is 1. The lowest BCUT2D eigenvalue weighted by atomic mass is 9.99. The van der Waals surface area contributed by atoms with Crippen molar-refractivity contribution in [3.8, 4) is 0 Å². The quantitative estimate of drug-likeness (QED) is 0.645. The second-order valence-corrected chi connectivity index (χ2v) is 4.03. The first-order valence-electron chi connectivity index (χ1n) is 5.19. The number of hydrogen-bond acceptors (Lipinski definition) is 0. The van der Waals surface area contributed by atoms with Crippen molar-refractivity contribution in [2.24, 2.45) is 7.05 Å². The van der Waals surface area contributed by atoms with Crippen molar-refractivity contribution in [1.82, 2.24) is 4.57 Å². The molecule has 0 saturated heterocycles. The summed E-state index contributed by atoms with van der Waals surface area (Å²) in [7, 11) is 2.12. The molecule has 1 aromatic carbocycles. The predicted molar refractivity (Wildman–Crippen MR) is 61.8 cm³/mol. The van der Waals surface area contributed by atoms with Gasteiger partial charge in [0, 0.05) is 18.6 Å². The van der Waals surface area contributed by atoms with Crippen LogP contribution in [0.25, 0.3) is 10.9 Å². The molecular weight excluding hydrogens is 170 g/mol. The smallest absolute Gasteiger partial charge is 0.0510 e. The molecule has 0 fully saturated rings. The molecule has 0 spiro atoms. The van der Waals surface area contributed by atoms with Crippen molar-refractivity contribution in [3.05, 3.63) is 35.0 Å². The first-order valence-corrected chi connectivity index (χ1v) is 5.19. The van der Waals surface area contributed by atoms with Gasteiger partial charge in [0.2, 0.25) is 0 Å². The van der Waals surface area contributed by atoms with E-state index in [1.54, 1.807) is 0 Å². The maximum absolute atomic E-state index is 2.29. The van der Waals surface area contributed by atoms with E-state index >= 15 is 0 Å². The highest BCUT2D eigenvalue weighted by atomic mass is 14.9. The lowest BCUT2D eigenvalue weighted by molar-refractivity contribution is 0.962. The molecule has 2 aromatic rings. The fourth-order valence-corrected chi connectivity index (χ4v) is 2.43. The van der Waals surface area contributed by atoms with E-state index in [1.807, 2.05) is 0 Å². The van der Waals surface area contributed by atoms with Crippen LogP contribution >= 0.6 is 0 Å². The third-order valence-electron chi connectivity index (χ3n) is 3.03. The molecule has 74 valence electrons. The zero-order chi connectivity index (χ0) is 10.3. The Bertz CT molecular complexity index is 477. The SMILES string of the molecule is CCc1c(C)cc(C)c2c1ccn2C. The van der Waals surface area contributed by atoms with E-state index in [-0.39, 0.29) is 0 Å². The minimum Gasteiger partial charge on any atom is -0.350 e. The van der Waals surface area contributed by atoms with Crippen LogP contribution < -0.4 is 0 Å². The van der Waals surface area contributed by atoms with E-state index in [2.05, 4.69) is 50.7 Å². The maximum Gasteiger partial charge on any atom is 0.0510 e. The highest BCUT2D eigenvalue weighted by molar-refractivity contribution is 5.87. The summed E-state index contributed by atoms with van der Waals surface area (Å²) in [4.78, 5) is 0. The Morgan fingerprint density at radius 3 is 2.57 bits per heavy atom. The van der Waals surface area contributed by atoms with Gasteiger partial charge >= 0.3 is 0 Å². The molecule has 0 amide bonds. The maximum atomic E-state index is 2.29. The van der Waals surface area contributed by atoms with Crippen LogP contribution in [-0.4, -0.2) is 4.57 Å². The molecule has 0 aliphatic heterocycles. The number of benzene rings is 1. The van der Waals surface area contributed by atoms with Gasteiger partial charge in [0.25, 0.3) is 0 Å². The molecule has 0 aliphatic rings. The van der Waals surface area contributed by atoms with E-state index in [0.717, 1.165) is 6.42 Å². The predicted octanol–water partition coefficient (Wildman–Crippen LogP) is 3.36. The van der Waals surface area contributed by atoms with Gasteiger partial charge in [-0.05, 0) is 43.0 Å². The number of hydrogen-bond donors (Lipinski definition) is 0. The summed E-state index contributed by atoms with van der Waals surface area (Å²) in [5, 5.41) is 1.42. The van der Waals surface area contributed by atoms with Gasteiger partial charge in [-0.1, -0.05) is 13.0 Å². The van der Waals surface area contributed by atoms with Crippen LogP contribution in [0.2, 0.25) is 0 Å². The lowest BCUT2D eigenvalue weighted by Crippen LogP contribution is -1.93. The van der Waals surface area contributed by atoms with Gasteiger partial charge in [0.05, 0.1) is 5.52 Å². The summed E-state index contributed by atoms with van der Waals surface area (Å²) in [5.41, 5.74) is 5.67. The van der Waals surface area contributed by atoms with Crippen molar-refractivity contribution in [2.75, 3.05) is 0 Å². The summed E-state index contributed by atoms with van der Waals surface area (Å²) < 4.78 is 2.21. The number of aryl methyl sites for hydroxylation is 4. The number of nitrogens with zero attached hydrogens (tertiary/aromatic N) is 1. The van der Waals surface area contributed by atoms with Crippen LogP contribution in [0.4, 0.5) is 0 Å². The molecule has 0 radical (unpaired) electrons. The highest BCUT2D eigenvalue weighted by Crippen LogP contribution is 2.26. The van der Waals surface area contributed by atoms with Crippen molar-refractivity contribution in [2.45, 2.75) is 27.2 Å². The topological polar surface area (TPSA) is 4.93 Å². The number of rotatable bonds is 1. The Morgan fingerprint density at radius 2 is 1.93 bits per heavy atom. The largest absolute Gasteiger partial charge is 0.350 e. The standard InChI is InChI=1S/C13H17N/c1-5-11-9(2)8-10(3)13-12(11)6-7-14(13)4/h6-8H,5H2,1-4H3. The molecule has 0 N–H and O–H groups in total. The van der Waals surface area contributed by atoms with Crippen LogP contribution in [0.15, 0.2) is 18.3 Å². The molecule has 0 atom stereocenters. The fraction of sp³-hybridized carbons (Fsp3) is 0.385. The van der Waals surface area contributed by atoms with Crippen LogP contribution in [0.1, 0.15) is 23.6 Å². The Labute approximate surface area is 85.4 Å². The molecular formula is C13H17N. The summed E-state index contributed by atoms with van der Waals surface area (Å²) in [6.45, 7) is 6.62. The van der Waals surface area contributed by atoms with Gasteiger partial charge in [-0.3, -0.25) is 0 Å². The molecule has 1 heteroatoms. The Hall–Kier alpha value is -1.24. The van der Waals surface area contributed by atoms with Crippen LogP contribution in [0.3, 0.4) is 0 Å². The van der Waals surface area contributed by atoms with Gasteiger partial charge in [0.1, 0.15) is 0 Å². The molecule has 1 heterocycles. The van der Waals surface area contributed by atoms with Crippen LogP contribution in [0.5, 0.6) is 0 Å². The van der Waals surface area contributed by atoms with E-state index < -0.39 is 0 Å². The molecule has 0 unspecified atom stereocenters. The monoisotopic (exact) mass is 187 g/mol. The summed E-state index contributed by atoms with van der Waals surface area (Å²) in [6.07, 6.45) is 3.27. The van der Waals surface area contributed by atoms with E-state index in [4.69, 9.17) is 0 Å². The van der Waals surface area contributed by atoms with Gasteiger partial charge in [0.15, 0.2) is 0 Å². The minimum absolute atomic E-state index is 1.12. The highest BCUT2D eigenvalue weighted by Gasteiger charge is 2.08. The average molecular weight is 187 g/mol. The van der Waals surface area contributed by atoms with Crippen LogP contribution in [-0.2, 0) is 13.5 Å². The second-order valence-electron chi connectivity index (χ2n) is 4.03. The Balaban J connectivity index is 2.92. The van der Waals surface area contributed by atoms with Crippen LogP contribution in [0, 0.1) is 13.8 Å². The second kappa shape index (κ2) is 3.16. The Kier molecular flexibility index (Phi) is 2.10. The molecule has 1 aromatic heterocycles. The third-order valence-corrected chi connectivity index (χ3v) is 3.03. The normalized spacial score (nSPS) is 11.1. The summed E-state index contributed by atoms with van der Waals surface area (Å²) in [5.74, 6) is 0. The number of fused-ring (bicyclic) bond motifs is 1. The van der Waals surface area contributed by atoms with Crippen molar-refractivity contribution in [3.63, 3.8) is 0 Å². The molecule has 0 aliphatic carbocycles. The average Bonchev–Trinajstić information content (AvgIpc) is 2.49. The molecule has 2 rings (SSSR count). The Morgan fingerprint density at radius 1 is 1.21 bits per heavy atom. The van der Waals surface area contributed by atoms with E-state index in [1.165, 1.54) is 27.6 Å². The first kappa shape index (κ1) is 9.32. The van der Waals surface area contributed by atoms with E-state index in [9.17, 15) is 0 Å². The zero-order valence-electron chi connectivity index (χ0n) is 9.39. The summed E-state index contributed by atoms with van der Waals surface area (Å²) in [6, 6.07) is 4.52. The summed E-state index contributed by atoms with van der Waals surface area (Å²) >= 11 is 0.